The van der Waals surface area contributed by atoms with Crippen molar-refractivity contribution in [1.29, 1.82) is 0 Å². The SMILES string of the molecule is Cc1cc(N)c(-c2ccnn2C2CCOCC2)cc1C. The Kier molecular flexibility index (Phi) is 3.49. The molecule has 0 bridgehead atoms. The topological polar surface area (TPSA) is 53.1 Å². The lowest BCUT2D eigenvalue weighted by atomic mass is 10.0. The van der Waals surface area contributed by atoms with Crippen molar-refractivity contribution in [3.63, 3.8) is 0 Å². The van der Waals surface area contributed by atoms with Gasteiger partial charge in [-0.05, 0) is 56.0 Å². The van der Waals surface area contributed by atoms with E-state index in [-0.39, 0.29) is 0 Å². The molecule has 20 heavy (non-hydrogen) atoms. The molecule has 0 amide bonds. The molecule has 2 aromatic rings. The highest BCUT2D eigenvalue weighted by Gasteiger charge is 2.20. The van der Waals surface area contributed by atoms with E-state index < -0.39 is 0 Å². The highest BCUT2D eigenvalue weighted by molar-refractivity contribution is 5.75. The van der Waals surface area contributed by atoms with E-state index in [1.54, 1.807) is 0 Å². The van der Waals surface area contributed by atoms with Gasteiger partial charge in [-0.1, -0.05) is 0 Å². The first-order valence-electron chi connectivity index (χ1n) is 7.15. The Bertz CT molecular complexity index is 612. The Hall–Kier alpha value is -1.81. The van der Waals surface area contributed by atoms with Crippen molar-refractivity contribution >= 4 is 5.69 Å². The largest absolute Gasteiger partial charge is 0.398 e. The molecule has 2 heterocycles. The van der Waals surface area contributed by atoms with Gasteiger partial charge in [0.15, 0.2) is 0 Å². The third-order valence-corrected chi connectivity index (χ3v) is 4.15. The maximum absolute atomic E-state index is 6.21. The van der Waals surface area contributed by atoms with E-state index in [0.29, 0.717) is 6.04 Å². The summed E-state index contributed by atoms with van der Waals surface area (Å²) in [4.78, 5) is 0. The van der Waals surface area contributed by atoms with Gasteiger partial charge in [0.25, 0.3) is 0 Å². The Labute approximate surface area is 119 Å². The van der Waals surface area contributed by atoms with Gasteiger partial charge in [0.2, 0.25) is 0 Å². The van der Waals surface area contributed by atoms with Crippen molar-refractivity contribution in [3.8, 4) is 11.3 Å². The number of hydrogen-bond acceptors (Lipinski definition) is 3. The molecular formula is C16H21N3O. The lowest BCUT2D eigenvalue weighted by Gasteiger charge is -2.24. The van der Waals surface area contributed by atoms with Crippen LogP contribution < -0.4 is 5.73 Å². The van der Waals surface area contributed by atoms with Crippen molar-refractivity contribution in [1.82, 2.24) is 9.78 Å². The minimum absolute atomic E-state index is 0.412. The van der Waals surface area contributed by atoms with Crippen LogP contribution in [0.1, 0.15) is 30.0 Å². The standard InChI is InChI=1S/C16H21N3O/c1-11-9-14(15(17)10-12(11)2)16-3-6-18-19(16)13-4-7-20-8-5-13/h3,6,9-10,13H,4-5,7-8,17H2,1-2H3. The van der Waals surface area contributed by atoms with Crippen LogP contribution in [0.25, 0.3) is 11.3 Å². The van der Waals surface area contributed by atoms with E-state index in [1.807, 2.05) is 12.3 Å². The van der Waals surface area contributed by atoms with Crippen LogP contribution in [0.15, 0.2) is 24.4 Å². The molecule has 4 nitrogen and oxygen atoms in total. The Balaban J connectivity index is 2.03. The average Bonchev–Trinajstić information content (AvgIpc) is 2.93. The van der Waals surface area contributed by atoms with E-state index in [0.717, 1.165) is 43.0 Å². The Morgan fingerprint density at radius 1 is 1.20 bits per heavy atom. The van der Waals surface area contributed by atoms with Crippen LogP contribution in [-0.2, 0) is 4.74 Å². The van der Waals surface area contributed by atoms with Gasteiger partial charge in [0, 0.05) is 30.7 Å². The number of hydrogen-bond donors (Lipinski definition) is 1. The third-order valence-electron chi connectivity index (χ3n) is 4.15. The van der Waals surface area contributed by atoms with Crippen LogP contribution in [0.4, 0.5) is 5.69 Å². The molecule has 3 rings (SSSR count). The predicted octanol–water partition coefficient (Wildman–Crippen LogP) is 3.10. The minimum atomic E-state index is 0.412. The number of ether oxygens (including phenoxy) is 1. The van der Waals surface area contributed by atoms with Gasteiger partial charge in [0.05, 0.1) is 11.7 Å². The molecule has 1 fully saturated rings. The number of anilines is 1. The summed E-state index contributed by atoms with van der Waals surface area (Å²) in [6.07, 6.45) is 3.89. The number of benzene rings is 1. The fourth-order valence-corrected chi connectivity index (χ4v) is 2.81. The van der Waals surface area contributed by atoms with E-state index in [9.17, 15) is 0 Å². The minimum Gasteiger partial charge on any atom is -0.398 e. The average molecular weight is 271 g/mol. The number of nitrogens with zero attached hydrogens (tertiary/aromatic N) is 2. The van der Waals surface area contributed by atoms with Crippen molar-refractivity contribution in [2.75, 3.05) is 18.9 Å². The van der Waals surface area contributed by atoms with Crippen LogP contribution >= 0.6 is 0 Å². The fourth-order valence-electron chi connectivity index (χ4n) is 2.81. The zero-order valence-corrected chi connectivity index (χ0v) is 12.1. The molecule has 0 aliphatic carbocycles. The summed E-state index contributed by atoms with van der Waals surface area (Å²) < 4.78 is 7.55. The van der Waals surface area contributed by atoms with E-state index in [4.69, 9.17) is 10.5 Å². The molecule has 0 saturated carbocycles. The molecule has 2 N–H and O–H groups in total. The second-order valence-electron chi connectivity index (χ2n) is 5.53. The number of nitrogens with two attached hydrogens (primary N) is 1. The van der Waals surface area contributed by atoms with E-state index in [1.165, 1.54) is 11.1 Å². The van der Waals surface area contributed by atoms with Crippen LogP contribution in [0, 0.1) is 13.8 Å². The molecule has 1 aliphatic rings. The molecule has 1 aliphatic heterocycles. The molecule has 1 aromatic heterocycles. The summed E-state index contributed by atoms with van der Waals surface area (Å²) in [5.74, 6) is 0. The quantitative estimate of drug-likeness (QED) is 0.854. The van der Waals surface area contributed by atoms with Crippen LogP contribution in [0.5, 0.6) is 0 Å². The zero-order chi connectivity index (χ0) is 14.1. The van der Waals surface area contributed by atoms with Gasteiger partial charge in [-0.3, -0.25) is 4.68 Å². The lowest BCUT2D eigenvalue weighted by molar-refractivity contribution is 0.0667. The van der Waals surface area contributed by atoms with Gasteiger partial charge in [-0.15, -0.1) is 0 Å². The van der Waals surface area contributed by atoms with Crippen molar-refractivity contribution in [2.45, 2.75) is 32.7 Å². The third kappa shape index (κ3) is 2.31. The monoisotopic (exact) mass is 271 g/mol. The van der Waals surface area contributed by atoms with Crippen molar-refractivity contribution in [2.24, 2.45) is 0 Å². The predicted molar refractivity (Wildman–Crippen MR) is 80.6 cm³/mol. The molecule has 1 aromatic carbocycles. The number of aryl methyl sites for hydroxylation is 2. The second kappa shape index (κ2) is 5.29. The molecular weight excluding hydrogens is 250 g/mol. The first-order valence-corrected chi connectivity index (χ1v) is 7.15. The molecule has 0 spiro atoms. The zero-order valence-electron chi connectivity index (χ0n) is 12.1. The van der Waals surface area contributed by atoms with Crippen molar-refractivity contribution < 1.29 is 4.74 Å². The normalized spacial score (nSPS) is 16.5. The maximum atomic E-state index is 6.21. The smallest absolute Gasteiger partial charge is 0.0706 e. The van der Waals surface area contributed by atoms with Crippen LogP contribution in [-0.4, -0.2) is 23.0 Å². The molecule has 0 radical (unpaired) electrons. The molecule has 0 unspecified atom stereocenters. The molecule has 4 heteroatoms. The number of aromatic nitrogens is 2. The Morgan fingerprint density at radius 2 is 1.90 bits per heavy atom. The first-order chi connectivity index (χ1) is 9.66. The lowest BCUT2D eigenvalue weighted by Crippen LogP contribution is -2.21. The van der Waals surface area contributed by atoms with E-state index >= 15 is 0 Å². The maximum Gasteiger partial charge on any atom is 0.0706 e. The summed E-state index contributed by atoms with van der Waals surface area (Å²) in [7, 11) is 0. The van der Waals surface area contributed by atoms with Gasteiger partial charge < -0.3 is 10.5 Å². The van der Waals surface area contributed by atoms with Crippen molar-refractivity contribution in [3.05, 3.63) is 35.5 Å². The first kappa shape index (κ1) is 13.2. The highest BCUT2D eigenvalue weighted by atomic mass is 16.5. The van der Waals surface area contributed by atoms with E-state index in [2.05, 4.69) is 35.8 Å². The van der Waals surface area contributed by atoms with Gasteiger partial charge in [0.1, 0.15) is 0 Å². The number of nitrogen functional groups attached to an aromatic ring is 1. The van der Waals surface area contributed by atoms with Gasteiger partial charge in [-0.2, -0.15) is 5.10 Å². The summed E-state index contributed by atoms with van der Waals surface area (Å²) in [5.41, 5.74) is 11.7. The molecule has 0 atom stereocenters. The van der Waals surface area contributed by atoms with Crippen LogP contribution in [0.2, 0.25) is 0 Å². The van der Waals surface area contributed by atoms with Gasteiger partial charge in [-0.25, -0.2) is 0 Å². The number of rotatable bonds is 2. The highest BCUT2D eigenvalue weighted by Crippen LogP contribution is 2.32. The summed E-state index contributed by atoms with van der Waals surface area (Å²) in [6, 6.07) is 6.68. The summed E-state index contributed by atoms with van der Waals surface area (Å²) in [5, 5.41) is 4.52. The summed E-state index contributed by atoms with van der Waals surface area (Å²) >= 11 is 0. The fraction of sp³-hybridized carbons (Fsp3) is 0.438. The molecule has 106 valence electrons. The van der Waals surface area contributed by atoms with Gasteiger partial charge >= 0.3 is 0 Å². The second-order valence-corrected chi connectivity index (χ2v) is 5.53. The summed E-state index contributed by atoms with van der Waals surface area (Å²) in [6.45, 7) is 5.83. The Morgan fingerprint density at radius 3 is 2.65 bits per heavy atom. The molecule has 1 saturated heterocycles. The van der Waals surface area contributed by atoms with Crippen LogP contribution in [0.3, 0.4) is 0 Å².